The number of hydrogen-bond donors (Lipinski definition) is 0. The molecule has 0 bridgehead atoms. The Labute approximate surface area is 206 Å². The monoisotopic (exact) mass is 458 g/mol. The highest BCUT2D eigenvalue weighted by Crippen LogP contribution is 2.23. The fourth-order valence-electron chi connectivity index (χ4n) is 3.93. The number of benzene rings is 3. The number of para-hydroxylation sites is 3. The van der Waals surface area contributed by atoms with Crippen LogP contribution in [-0.4, -0.2) is 23.5 Å². The molecule has 0 saturated carbocycles. The van der Waals surface area contributed by atoms with Gasteiger partial charge in [0.05, 0.1) is 0 Å². The molecular formula is C30H39BO3. The molecule has 180 valence electrons. The molecule has 0 heterocycles. The molecule has 3 aromatic rings. The van der Waals surface area contributed by atoms with Gasteiger partial charge in [-0.25, -0.2) is 0 Å². The van der Waals surface area contributed by atoms with Crippen molar-refractivity contribution in [3.8, 4) is 17.2 Å². The van der Waals surface area contributed by atoms with E-state index in [1.54, 1.807) is 0 Å². The quantitative estimate of drug-likeness (QED) is 0.442. The fraction of sp³-hybridized carbons (Fsp3) is 0.400. The minimum absolute atomic E-state index is 0.143. The molecule has 0 radical (unpaired) electrons. The normalized spacial score (nSPS) is 12.3. The van der Waals surface area contributed by atoms with Crippen molar-refractivity contribution >= 4 is 23.1 Å². The molecule has 3 aromatic carbocycles. The molecule has 0 aliphatic heterocycles. The lowest BCUT2D eigenvalue weighted by molar-refractivity contribution is 0.132. The first kappa shape index (κ1) is 25.7. The second-order valence-electron chi connectivity index (χ2n) is 11.7. The molecular weight excluding hydrogens is 419 g/mol. The molecule has 0 aliphatic rings. The van der Waals surface area contributed by atoms with E-state index < -0.39 is 0 Å². The van der Waals surface area contributed by atoms with Crippen LogP contribution in [0.4, 0.5) is 0 Å². The zero-order chi connectivity index (χ0) is 25.1. The smallest absolute Gasteiger partial charge is 0.255 e. The summed E-state index contributed by atoms with van der Waals surface area (Å²) in [4.78, 5) is 0. The molecule has 0 aliphatic carbocycles. The lowest BCUT2D eigenvalue weighted by Crippen LogP contribution is -2.54. The van der Waals surface area contributed by atoms with Crippen LogP contribution in [0.5, 0.6) is 17.2 Å². The first-order valence-corrected chi connectivity index (χ1v) is 12.1. The zero-order valence-electron chi connectivity index (χ0n) is 22.2. The molecule has 0 N–H and O–H groups in total. The maximum Gasteiger partial charge on any atom is 0.255 e. The van der Waals surface area contributed by atoms with E-state index in [-0.39, 0.29) is 23.5 Å². The lowest BCUT2D eigenvalue weighted by atomic mass is 9.36. The van der Waals surface area contributed by atoms with E-state index in [2.05, 4.69) is 98.7 Å². The summed E-state index contributed by atoms with van der Waals surface area (Å²) < 4.78 is 19.4. The summed E-state index contributed by atoms with van der Waals surface area (Å²) in [5.74, 6) is 2.57. The predicted octanol–water partition coefficient (Wildman–Crippen LogP) is 5.73. The zero-order valence-corrected chi connectivity index (χ0v) is 22.2. The van der Waals surface area contributed by atoms with Crippen molar-refractivity contribution in [3.05, 3.63) is 72.8 Å². The Morgan fingerprint density at radius 1 is 0.412 bits per heavy atom. The van der Waals surface area contributed by atoms with Crippen molar-refractivity contribution in [1.29, 1.82) is 0 Å². The van der Waals surface area contributed by atoms with Crippen LogP contribution < -0.4 is 30.6 Å². The average Bonchev–Trinajstić information content (AvgIpc) is 2.68. The highest BCUT2D eigenvalue weighted by Gasteiger charge is 2.33. The minimum atomic E-state index is -0.330. The van der Waals surface area contributed by atoms with Crippen molar-refractivity contribution in [2.24, 2.45) is 0 Å². The van der Waals surface area contributed by atoms with Gasteiger partial charge >= 0.3 is 0 Å². The molecule has 0 atom stereocenters. The van der Waals surface area contributed by atoms with Crippen LogP contribution >= 0.6 is 0 Å². The van der Waals surface area contributed by atoms with E-state index in [9.17, 15) is 0 Å². The third-order valence-electron chi connectivity index (χ3n) is 4.94. The van der Waals surface area contributed by atoms with E-state index in [4.69, 9.17) is 14.2 Å². The predicted molar refractivity (Wildman–Crippen MR) is 145 cm³/mol. The van der Waals surface area contributed by atoms with Gasteiger partial charge in [-0.05, 0) is 96.9 Å². The van der Waals surface area contributed by atoms with Gasteiger partial charge in [0.15, 0.2) is 0 Å². The van der Waals surface area contributed by atoms with Crippen molar-refractivity contribution in [1.82, 2.24) is 0 Å². The maximum atomic E-state index is 6.46. The first-order chi connectivity index (χ1) is 15.7. The van der Waals surface area contributed by atoms with Crippen LogP contribution in [0.2, 0.25) is 0 Å². The highest BCUT2D eigenvalue weighted by molar-refractivity contribution is 6.97. The van der Waals surface area contributed by atoms with Gasteiger partial charge in [-0.1, -0.05) is 54.6 Å². The van der Waals surface area contributed by atoms with Gasteiger partial charge in [-0.15, -0.1) is 0 Å². The molecule has 0 fully saturated rings. The summed E-state index contributed by atoms with van der Waals surface area (Å²) in [6.07, 6.45) is 0. The van der Waals surface area contributed by atoms with Crippen molar-refractivity contribution in [2.45, 2.75) is 79.1 Å². The van der Waals surface area contributed by atoms with Crippen LogP contribution in [0, 0.1) is 0 Å². The Balaban J connectivity index is 2.30. The fourth-order valence-corrected chi connectivity index (χ4v) is 3.93. The first-order valence-electron chi connectivity index (χ1n) is 12.1. The molecule has 34 heavy (non-hydrogen) atoms. The second kappa shape index (κ2) is 9.78. The minimum Gasteiger partial charge on any atom is -0.489 e. The second-order valence-corrected chi connectivity index (χ2v) is 11.7. The largest absolute Gasteiger partial charge is 0.489 e. The van der Waals surface area contributed by atoms with E-state index in [1.807, 2.05) is 36.4 Å². The molecule has 0 spiro atoms. The molecule has 3 nitrogen and oxygen atoms in total. The molecule has 0 aromatic heterocycles. The summed E-state index contributed by atoms with van der Waals surface area (Å²) in [6, 6.07) is 24.9. The average molecular weight is 458 g/mol. The summed E-state index contributed by atoms with van der Waals surface area (Å²) in [7, 11) is 0. The molecule has 0 unspecified atom stereocenters. The maximum absolute atomic E-state index is 6.46. The van der Waals surface area contributed by atoms with Crippen LogP contribution in [0.3, 0.4) is 0 Å². The topological polar surface area (TPSA) is 27.7 Å². The molecule has 0 saturated heterocycles. The molecule has 3 rings (SSSR count). The van der Waals surface area contributed by atoms with Crippen LogP contribution in [-0.2, 0) is 0 Å². The third kappa shape index (κ3) is 7.06. The van der Waals surface area contributed by atoms with Gasteiger partial charge in [0.25, 0.3) is 6.71 Å². The summed E-state index contributed by atoms with van der Waals surface area (Å²) in [5, 5.41) is 0. The number of ether oxygens (including phenoxy) is 3. The van der Waals surface area contributed by atoms with E-state index in [1.165, 1.54) is 0 Å². The SMILES string of the molecule is CC(C)(C)Oc1ccccc1B(c1ccccc1OC(C)(C)C)c1ccccc1OC(C)(C)C. The van der Waals surface area contributed by atoms with E-state index in [0.29, 0.717) is 0 Å². The van der Waals surface area contributed by atoms with E-state index in [0.717, 1.165) is 33.6 Å². The van der Waals surface area contributed by atoms with Crippen molar-refractivity contribution < 1.29 is 14.2 Å². The van der Waals surface area contributed by atoms with Gasteiger partial charge in [0.2, 0.25) is 0 Å². The number of rotatable bonds is 6. The van der Waals surface area contributed by atoms with Gasteiger partial charge in [-0.2, -0.15) is 0 Å². The van der Waals surface area contributed by atoms with Gasteiger partial charge in [-0.3, -0.25) is 0 Å². The molecule has 0 amide bonds. The van der Waals surface area contributed by atoms with Gasteiger partial charge < -0.3 is 14.2 Å². The van der Waals surface area contributed by atoms with Gasteiger partial charge in [0, 0.05) is 0 Å². The Hall–Kier alpha value is -2.88. The van der Waals surface area contributed by atoms with Crippen LogP contribution in [0.1, 0.15) is 62.3 Å². The highest BCUT2D eigenvalue weighted by atomic mass is 16.5. The standard InChI is InChI=1S/C30H39BO3/c1-28(2,3)32-25-19-13-10-16-22(25)31(23-17-11-14-20-26(23)33-29(4,5)6)24-18-12-15-21-27(24)34-30(7,8)9/h10-21H,1-9H3. The Morgan fingerprint density at radius 3 is 0.882 bits per heavy atom. The van der Waals surface area contributed by atoms with Crippen molar-refractivity contribution in [3.63, 3.8) is 0 Å². The lowest BCUT2D eigenvalue weighted by Gasteiger charge is -2.30. The van der Waals surface area contributed by atoms with Crippen molar-refractivity contribution in [2.75, 3.05) is 0 Å². The van der Waals surface area contributed by atoms with Gasteiger partial charge in [0.1, 0.15) is 34.1 Å². The van der Waals surface area contributed by atoms with Crippen LogP contribution in [0.15, 0.2) is 72.8 Å². The van der Waals surface area contributed by atoms with Crippen LogP contribution in [0.25, 0.3) is 0 Å². The third-order valence-corrected chi connectivity index (χ3v) is 4.94. The Bertz CT molecular complexity index is 959. The Kier molecular flexibility index (Phi) is 7.40. The molecule has 4 heteroatoms. The summed E-state index contributed by atoms with van der Waals surface area (Å²) in [5.41, 5.74) is 2.24. The summed E-state index contributed by atoms with van der Waals surface area (Å²) >= 11 is 0. The number of hydrogen-bond acceptors (Lipinski definition) is 3. The van der Waals surface area contributed by atoms with E-state index >= 15 is 0 Å². The Morgan fingerprint density at radius 2 is 0.647 bits per heavy atom. The summed E-state index contributed by atoms with van der Waals surface area (Å²) in [6.45, 7) is 18.5.